The number of amides is 2. The highest BCUT2D eigenvalue weighted by atomic mass is 32.2. The SMILES string of the molecule is COc1cc(C)c(N=C(N/N=C/c2ccc(C(N)=NC=Nc3ccc(OC(F)(F)F)cc3)cc2)SCC(=O)NCCCNC(=O)OC(C)(C)C)c(C)c1. The lowest BCUT2D eigenvalue weighted by Crippen LogP contribution is -2.34. The predicted octanol–water partition coefficient (Wildman–Crippen LogP) is 6.65. The van der Waals surface area contributed by atoms with E-state index in [0.717, 1.165) is 28.8 Å². The number of hydrogen-bond acceptors (Lipinski definition) is 9. The molecule has 5 N–H and O–H groups in total. The van der Waals surface area contributed by atoms with Gasteiger partial charge in [0.1, 0.15) is 29.3 Å². The van der Waals surface area contributed by atoms with Crippen LogP contribution in [0.15, 0.2) is 80.7 Å². The van der Waals surface area contributed by atoms with Gasteiger partial charge in [0.2, 0.25) is 5.91 Å². The normalized spacial score (nSPS) is 12.5. The summed E-state index contributed by atoms with van der Waals surface area (Å²) in [6, 6.07) is 15.7. The zero-order valence-corrected chi connectivity index (χ0v) is 31.0. The van der Waals surface area contributed by atoms with Gasteiger partial charge in [0.25, 0.3) is 0 Å². The van der Waals surface area contributed by atoms with Gasteiger partial charge in [-0.2, -0.15) is 5.10 Å². The summed E-state index contributed by atoms with van der Waals surface area (Å²) in [5.41, 5.74) is 12.6. The number of carbonyl (C=O) groups is 2. The number of alkyl halides is 3. The molecule has 0 aliphatic heterocycles. The molecule has 3 aromatic carbocycles. The zero-order chi connectivity index (χ0) is 39.0. The Kier molecular flexibility index (Phi) is 15.7. The average Bonchev–Trinajstić information content (AvgIpc) is 3.07. The van der Waals surface area contributed by atoms with Crippen molar-refractivity contribution in [2.45, 2.75) is 53.0 Å². The highest BCUT2D eigenvalue weighted by Gasteiger charge is 2.31. The van der Waals surface area contributed by atoms with Crippen molar-refractivity contribution in [1.82, 2.24) is 16.1 Å². The maximum atomic E-state index is 12.6. The molecule has 0 saturated heterocycles. The third-order valence-corrected chi connectivity index (χ3v) is 7.51. The molecule has 13 nitrogen and oxygen atoms in total. The molecular weight excluding hydrogens is 714 g/mol. The number of alkyl carbamates (subject to hydrolysis) is 1. The fourth-order valence-corrected chi connectivity index (χ4v) is 4.92. The number of halogens is 3. The third kappa shape index (κ3) is 16.1. The van der Waals surface area contributed by atoms with Crippen molar-refractivity contribution in [1.29, 1.82) is 0 Å². The van der Waals surface area contributed by atoms with Crippen LogP contribution < -0.4 is 31.3 Å². The van der Waals surface area contributed by atoms with E-state index in [2.05, 4.69) is 35.9 Å². The molecule has 0 aromatic heterocycles. The number of nitrogens with zero attached hydrogens (tertiary/aromatic N) is 4. The molecule has 0 aliphatic rings. The fraction of sp³-hybridized carbons (Fsp3) is 0.333. The minimum Gasteiger partial charge on any atom is -0.497 e. The minimum absolute atomic E-state index is 0.0590. The number of nitrogens with one attached hydrogen (secondary N) is 3. The van der Waals surface area contributed by atoms with E-state index < -0.39 is 18.1 Å². The lowest BCUT2D eigenvalue weighted by Gasteiger charge is -2.19. The van der Waals surface area contributed by atoms with E-state index in [9.17, 15) is 22.8 Å². The van der Waals surface area contributed by atoms with Crippen molar-refractivity contribution in [3.05, 3.63) is 82.9 Å². The van der Waals surface area contributed by atoms with Gasteiger partial charge in [-0.05, 0) is 94.1 Å². The molecule has 53 heavy (non-hydrogen) atoms. The van der Waals surface area contributed by atoms with Crippen molar-refractivity contribution in [2.24, 2.45) is 25.8 Å². The lowest BCUT2D eigenvalue weighted by molar-refractivity contribution is -0.274. The van der Waals surface area contributed by atoms with Crippen molar-refractivity contribution < 1.29 is 37.0 Å². The molecule has 0 saturated carbocycles. The Hall–Kier alpha value is -5.58. The first-order chi connectivity index (χ1) is 25.0. The Morgan fingerprint density at radius 3 is 2.17 bits per heavy atom. The molecule has 0 fully saturated rings. The number of thioether (sulfide) groups is 1. The molecule has 0 atom stereocenters. The summed E-state index contributed by atoms with van der Waals surface area (Å²) in [6.07, 6.45) is -1.99. The number of benzene rings is 3. The molecule has 2 amide bonds. The van der Waals surface area contributed by atoms with Crippen LogP contribution in [-0.4, -0.2) is 73.5 Å². The summed E-state index contributed by atoms with van der Waals surface area (Å²) in [5, 5.41) is 10.2. The van der Waals surface area contributed by atoms with E-state index in [4.69, 9.17) is 20.2 Å². The number of aryl methyl sites for hydroxylation is 2. The van der Waals surface area contributed by atoms with Crippen LogP contribution in [0.2, 0.25) is 0 Å². The van der Waals surface area contributed by atoms with Gasteiger partial charge in [0, 0.05) is 18.7 Å². The maximum Gasteiger partial charge on any atom is 0.573 e. The number of hydrogen-bond donors (Lipinski definition) is 4. The summed E-state index contributed by atoms with van der Waals surface area (Å²) >= 11 is 1.17. The molecule has 0 aliphatic carbocycles. The van der Waals surface area contributed by atoms with Crippen LogP contribution in [0.25, 0.3) is 0 Å². The van der Waals surface area contributed by atoms with Crippen LogP contribution >= 0.6 is 11.8 Å². The molecule has 0 bridgehead atoms. The maximum absolute atomic E-state index is 12.6. The molecule has 0 heterocycles. The number of hydrazone groups is 1. The van der Waals surface area contributed by atoms with Gasteiger partial charge in [-0.1, -0.05) is 36.0 Å². The van der Waals surface area contributed by atoms with Crippen molar-refractivity contribution in [3.63, 3.8) is 0 Å². The van der Waals surface area contributed by atoms with Gasteiger partial charge < -0.3 is 30.6 Å². The van der Waals surface area contributed by atoms with Gasteiger partial charge in [0.15, 0.2) is 5.17 Å². The number of methoxy groups -OCH3 is 1. The molecular formula is C36H43F3N8O5S. The van der Waals surface area contributed by atoms with Crippen molar-refractivity contribution in [2.75, 3.05) is 26.0 Å². The van der Waals surface area contributed by atoms with Crippen LogP contribution in [0.5, 0.6) is 11.5 Å². The van der Waals surface area contributed by atoms with Crippen LogP contribution in [0.3, 0.4) is 0 Å². The van der Waals surface area contributed by atoms with Gasteiger partial charge >= 0.3 is 12.5 Å². The first-order valence-corrected chi connectivity index (χ1v) is 17.2. The Labute approximate surface area is 310 Å². The summed E-state index contributed by atoms with van der Waals surface area (Å²) in [5.74, 6) is 0.353. The number of rotatable bonds is 14. The number of aliphatic imine (C=N–C) groups is 3. The molecule has 0 radical (unpaired) electrons. The number of carbonyl (C=O) groups excluding carboxylic acids is 2. The van der Waals surface area contributed by atoms with E-state index in [-0.39, 0.29) is 23.2 Å². The highest BCUT2D eigenvalue weighted by Crippen LogP contribution is 2.29. The first-order valence-electron chi connectivity index (χ1n) is 16.2. The average molecular weight is 757 g/mol. The largest absolute Gasteiger partial charge is 0.573 e. The van der Waals surface area contributed by atoms with Gasteiger partial charge in [-0.3, -0.25) is 10.2 Å². The Bertz CT molecular complexity index is 1780. The van der Waals surface area contributed by atoms with E-state index in [1.54, 1.807) is 58.4 Å². The Morgan fingerprint density at radius 1 is 0.925 bits per heavy atom. The standard InChI is InChI=1S/C36H43F3N8O5S/c1-23-18-29(50-6)19-24(2)31(23)46-33(53-21-30(48)41-16-7-17-42-34(49)52-35(3,4)5)47-45-20-25-8-10-26(11-9-25)32(40)44-22-43-27-12-14-28(15-13-27)51-36(37,38)39/h8-15,18-20,22H,7,16-17,21H2,1-6H3,(H,41,48)(H,42,49)(H,46,47)(H2,40,43,44)/b45-20+. The molecule has 17 heteroatoms. The second kappa shape index (κ2) is 19.9. The number of amidine groups is 2. The summed E-state index contributed by atoms with van der Waals surface area (Å²) in [6.45, 7) is 9.88. The Balaban J connectivity index is 1.61. The zero-order valence-electron chi connectivity index (χ0n) is 30.2. The molecule has 3 rings (SSSR count). The Morgan fingerprint density at radius 2 is 1.57 bits per heavy atom. The second-order valence-electron chi connectivity index (χ2n) is 12.2. The van der Waals surface area contributed by atoms with E-state index >= 15 is 0 Å². The second-order valence-corrected chi connectivity index (χ2v) is 13.2. The van der Waals surface area contributed by atoms with Gasteiger partial charge in [-0.15, -0.1) is 13.2 Å². The van der Waals surface area contributed by atoms with Crippen LogP contribution in [-0.2, 0) is 9.53 Å². The lowest BCUT2D eigenvalue weighted by atomic mass is 10.1. The molecule has 284 valence electrons. The van der Waals surface area contributed by atoms with E-state index in [1.165, 1.54) is 30.2 Å². The summed E-state index contributed by atoms with van der Waals surface area (Å²) < 4.78 is 51.5. The van der Waals surface area contributed by atoms with Gasteiger partial charge in [0.05, 0.1) is 30.5 Å². The van der Waals surface area contributed by atoms with Crippen molar-refractivity contribution >= 4 is 58.7 Å². The first kappa shape index (κ1) is 41.8. The third-order valence-electron chi connectivity index (χ3n) is 6.65. The number of ether oxygens (including phenoxy) is 3. The molecule has 0 unspecified atom stereocenters. The topological polar surface area (TPSA) is 173 Å². The number of nitrogens with two attached hydrogens (primary N) is 1. The van der Waals surface area contributed by atoms with Gasteiger partial charge in [-0.25, -0.2) is 19.8 Å². The van der Waals surface area contributed by atoms with Crippen molar-refractivity contribution in [3.8, 4) is 11.5 Å². The van der Waals surface area contributed by atoms with Crippen LogP contribution in [0.1, 0.15) is 49.4 Å². The minimum atomic E-state index is -4.78. The van der Waals surface area contributed by atoms with E-state index in [1.807, 2.05) is 26.0 Å². The molecule has 3 aromatic rings. The molecule has 0 spiro atoms. The van der Waals surface area contributed by atoms with Crippen LogP contribution in [0, 0.1) is 13.8 Å². The fourth-order valence-electron chi connectivity index (χ4n) is 4.28. The summed E-state index contributed by atoms with van der Waals surface area (Å²) in [4.78, 5) is 37.4. The van der Waals surface area contributed by atoms with E-state index in [0.29, 0.717) is 47.4 Å². The van der Waals surface area contributed by atoms with Crippen LogP contribution in [0.4, 0.5) is 29.3 Å². The summed E-state index contributed by atoms with van der Waals surface area (Å²) in [7, 11) is 1.59. The monoisotopic (exact) mass is 756 g/mol. The quantitative estimate of drug-likeness (QED) is 0.0613. The highest BCUT2D eigenvalue weighted by molar-refractivity contribution is 8.14. The smallest absolute Gasteiger partial charge is 0.497 e. The predicted molar refractivity (Wildman–Crippen MR) is 203 cm³/mol.